The minimum absolute atomic E-state index is 0.506. The first-order valence-electron chi connectivity index (χ1n) is 4.34. The van der Waals surface area contributed by atoms with Gasteiger partial charge < -0.3 is 4.79 Å². The van der Waals surface area contributed by atoms with Crippen LogP contribution in [0.25, 0.3) is 0 Å². The van der Waals surface area contributed by atoms with Crippen molar-refractivity contribution in [2.24, 2.45) is 0 Å². The molecule has 0 spiro atoms. The molecule has 1 fully saturated rings. The zero-order valence-electron chi connectivity index (χ0n) is 6.73. The van der Waals surface area contributed by atoms with Crippen molar-refractivity contribution in [1.82, 2.24) is 0 Å². The largest absolute Gasteiger partial charge is 0.300 e. The van der Waals surface area contributed by atoms with Gasteiger partial charge in [0.15, 0.2) is 0 Å². The quantitative estimate of drug-likeness (QED) is 0.571. The van der Waals surface area contributed by atoms with Gasteiger partial charge in [-0.05, 0) is 6.04 Å². The van der Waals surface area contributed by atoms with E-state index in [1.165, 1.54) is 24.9 Å². The molecular formula is C8H16OSi. The number of Topliss-reactive ketones (excluding diaryl/α,β-unsaturated/α-hetero) is 1. The highest BCUT2D eigenvalue weighted by Gasteiger charge is 2.18. The predicted octanol–water partition coefficient (Wildman–Crippen LogP) is 1.99. The minimum atomic E-state index is -0.506. The fraction of sp³-hybridized carbons (Fsp3) is 0.875. The summed E-state index contributed by atoms with van der Waals surface area (Å²) in [6, 6.07) is 3.87. The molecule has 0 N–H and O–H groups in total. The molecule has 0 atom stereocenters. The number of hydrogen-bond donors (Lipinski definition) is 0. The van der Waals surface area contributed by atoms with E-state index in [0.29, 0.717) is 5.78 Å². The third-order valence-electron chi connectivity index (χ3n) is 2.39. The molecule has 1 rings (SSSR count). The van der Waals surface area contributed by atoms with Gasteiger partial charge in [0.2, 0.25) is 0 Å². The summed E-state index contributed by atoms with van der Waals surface area (Å²) in [6.45, 7) is 1.98. The van der Waals surface area contributed by atoms with Gasteiger partial charge in [-0.15, -0.1) is 0 Å². The molecule has 0 unspecified atom stereocenters. The third-order valence-corrected chi connectivity index (χ3v) is 5.87. The Kier molecular flexibility index (Phi) is 3.13. The van der Waals surface area contributed by atoms with Crippen LogP contribution in [-0.4, -0.2) is 14.6 Å². The van der Waals surface area contributed by atoms with Crippen molar-refractivity contribution in [3.8, 4) is 0 Å². The van der Waals surface area contributed by atoms with Crippen LogP contribution in [0.5, 0.6) is 0 Å². The van der Waals surface area contributed by atoms with Crippen LogP contribution < -0.4 is 0 Å². The van der Waals surface area contributed by atoms with Crippen molar-refractivity contribution >= 4 is 14.6 Å². The summed E-state index contributed by atoms with van der Waals surface area (Å²) >= 11 is 0. The van der Waals surface area contributed by atoms with Gasteiger partial charge >= 0.3 is 0 Å². The van der Waals surface area contributed by atoms with E-state index in [4.69, 9.17) is 0 Å². The molecule has 0 aromatic carbocycles. The van der Waals surface area contributed by atoms with Gasteiger partial charge in [0.05, 0.1) is 0 Å². The number of hydrogen-bond acceptors (Lipinski definition) is 1. The maximum atomic E-state index is 11.0. The Morgan fingerprint density at radius 3 is 2.50 bits per heavy atom. The first kappa shape index (κ1) is 7.99. The van der Waals surface area contributed by atoms with Gasteiger partial charge in [0, 0.05) is 15.2 Å². The number of carbonyl (C=O) groups is 1. The van der Waals surface area contributed by atoms with Crippen molar-refractivity contribution < 1.29 is 4.79 Å². The van der Waals surface area contributed by atoms with E-state index in [1.54, 1.807) is 0 Å². The maximum Gasteiger partial charge on any atom is 0.129 e. The lowest BCUT2D eigenvalue weighted by atomic mass is 10.4. The zero-order chi connectivity index (χ0) is 7.40. The van der Waals surface area contributed by atoms with Gasteiger partial charge in [0.25, 0.3) is 0 Å². The summed E-state index contributed by atoms with van der Waals surface area (Å²) in [6.07, 6.45) is 3.59. The molecule has 0 aromatic rings. The summed E-state index contributed by atoms with van der Waals surface area (Å²) in [4.78, 5) is 11.0. The van der Waals surface area contributed by atoms with Crippen LogP contribution in [0.1, 0.15) is 26.2 Å². The average Bonchev–Trinajstić information content (AvgIpc) is 2.40. The number of rotatable bonds is 3. The van der Waals surface area contributed by atoms with E-state index in [9.17, 15) is 4.79 Å². The van der Waals surface area contributed by atoms with E-state index >= 15 is 0 Å². The van der Waals surface area contributed by atoms with Crippen molar-refractivity contribution in [3.05, 3.63) is 0 Å². The Morgan fingerprint density at radius 2 is 2.00 bits per heavy atom. The summed E-state index contributed by atoms with van der Waals surface area (Å²) in [5.74, 6) is 0.513. The molecule has 1 aliphatic heterocycles. The molecule has 1 nitrogen and oxygen atoms in total. The Morgan fingerprint density at radius 1 is 1.40 bits per heavy atom. The van der Waals surface area contributed by atoms with Crippen LogP contribution in [0, 0.1) is 0 Å². The molecule has 1 heterocycles. The lowest BCUT2D eigenvalue weighted by Crippen LogP contribution is -2.11. The smallest absolute Gasteiger partial charge is 0.129 e. The summed E-state index contributed by atoms with van der Waals surface area (Å²) < 4.78 is 0. The monoisotopic (exact) mass is 156 g/mol. The highest BCUT2D eigenvalue weighted by Crippen LogP contribution is 2.22. The fourth-order valence-electron chi connectivity index (χ4n) is 1.68. The second-order valence-electron chi connectivity index (χ2n) is 3.25. The summed E-state index contributed by atoms with van der Waals surface area (Å²) in [5.41, 5.74) is 0. The Balaban J connectivity index is 2.17. The van der Waals surface area contributed by atoms with E-state index in [2.05, 4.69) is 0 Å². The first-order chi connectivity index (χ1) is 4.83. The molecule has 0 bridgehead atoms. The van der Waals surface area contributed by atoms with Crippen molar-refractivity contribution in [1.29, 1.82) is 0 Å². The van der Waals surface area contributed by atoms with E-state index in [-0.39, 0.29) is 0 Å². The summed E-state index contributed by atoms with van der Waals surface area (Å²) in [7, 11) is -0.506. The van der Waals surface area contributed by atoms with Crippen molar-refractivity contribution in [2.45, 2.75) is 44.3 Å². The highest BCUT2D eigenvalue weighted by atomic mass is 28.3. The second kappa shape index (κ2) is 3.91. The topological polar surface area (TPSA) is 17.1 Å². The van der Waals surface area contributed by atoms with Crippen LogP contribution in [0.15, 0.2) is 0 Å². The Labute approximate surface area is 64.4 Å². The van der Waals surface area contributed by atoms with Crippen LogP contribution in [-0.2, 0) is 4.79 Å². The zero-order valence-corrected chi connectivity index (χ0v) is 7.88. The van der Waals surface area contributed by atoms with E-state index in [0.717, 1.165) is 12.5 Å². The molecule has 1 saturated heterocycles. The van der Waals surface area contributed by atoms with Crippen molar-refractivity contribution in [3.63, 3.8) is 0 Å². The molecule has 2 heteroatoms. The molecule has 0 aromatic heterocycles. The number of carbonyl (C=O) groups excluding carboxylic acids is 1. The van der Waals surface area contributed by atoms with Crippen LogP contribution in [0.4, 0.5) is 0 Å². The normalized spacial score (nSPS) is 19.7. The standard InChI is InChI=1S/C8H16OSi/c1-2-8(9)7-10-5-3-4-6-10/h10H,2-7H2,1H3. The predicted molar refractivity (Wildman–Crippen MR) is 46.1 cm³/mol. The van der Waals surface area contributed by atoms with Gasteiger partial charge in [-0.2, -0.15) is 0 Å². The lowest BCUT2D eigenvalue weighted by Gasteiger charge is -2.02. The van der Waals surface area contributed by atoms with E-state index < -0.39 is 8.80 Å². The van der Waals surface area contributed by atoms with Crippen molar-refractivity contribution in [2.75, 3.05) is 0 Å². The van der Waals surface area contributed by atoms with Gasteiger partial charge in [-0.3, -0.25) is 0 Å². The Hall–Kier alpha value is -0.113. The first-order valence-corrected chi connectivity index (χ1v) is 6.79. The molecule has 1 aliphatic rings. The van der Waals surface area contributed by atoms with Crippen LogP contribution in [0.3, 0.4) is 0 Å². The van der Waals surface area contributed by atoms with E-state index in [1.807, 2.05) is 6.92 Å². The molecule has 58 valence electrons. The molecular weight excluding hydrogens is 140 g/mol. The SMILES string of the molecule is CCC(=O)C[SiH]1CCCC1. The minimum Gasteiger partial charge on any atom is -0.300 e. The average molecular weight is 156 g/mol. The fourth-order valence-corrected chi connectivity index (χ4v) is 5.04. The van der Waals surface area contributed by atoms with Gasteiger partial charge in [0.1, 0.15) is 5.78 Å². The van der Waals surface area contributed by atoms with Crippen LogP contribution >= 0.6 is 0 Å². The molecule has 0 saturated carbocycles. The molecule has 0 aliphatic carbocycles. The second-order valence-corrected chi connectivity index (χ2v) is 6.54. The maximum absolute atomic E-state index is 11.0. The molecule has 0 amide bonds. The molecule has 10 heavy (non-hydrogen) atoms. The molecule has 0 radical (unpaired) electrons. The van der Waals surface area contributed by atoms with Gasteiger partial charge in [-0.1, -0.05) is 31.9 Å². The third kappa shape index (κ3) is 2.25. The lowest BCUT2D eigenvalue weighted by molar-refractivity contribution is -0.116. The Bertz CT molecular complexity index is 116. The van der Waals surface area contributed by atoms with Gasteiger partial charge in [-0.25, -0.2) is 0 Å². The van der Waals surface area contributed by atoms with Crippen LogP contribution in [0.2, 0.25) is 18.1 Å². The summed E-state index contributed by atoms with van der Waals surface area (Å²) in [5, 5.41) is 0. The number of ketones is 1. The highest BCUT2D eigenvalue weighted by molar-refractivity contribution is 6.63.